The molecule has 1 aromatic heterocycles. The first-order valence-corrected chi connectivity index (χ1v) is 7.99. The maximum atomic E-state index is 12.8. The Bertz CT molecular complexity index is 648. The first kappa shape index (κ1) is 14.8. The zero-order valence-electron chi connectivity index (χ0n) is 13.2. The quantitative estimate of drug-likeness (QED) is 0.868. The Morgan fingerprint density at radius 1 is 1.36 bits per heavy atom. The lowest BCUT2D eigenvalue weighted by Gasteiger charge is -2.21. The molecule has 0 N–H and O–H groups in total. The largest absolute Gasteiger partial charge is 0.360 e. The number of aromatic nitrogens is 1. The highest BCUT2D eigenvalue weighted by molar-refractivity contribution is 5.93. The van der Waals surface area contributed by atoms with Gasteiger partial charge in [0.1, 0.15) is 5.76 Å². The van der Waals surface area contributed by atoms with Crippen molar-refractivity contribution in [3.8, 4) is 0 Å². The molecule has 0 radical (unpaired) electrons. The Kier molecular flexibility index (Phi) is 4.27. The molecule has 0 saturated carbocycles. The van der Waals surface area contributed by atoms with Gasteiger partial charge >= 0.3 is 0 Å². The molecule has 1 heterocycles. The van der Waals surface area contributed by atoms with Crippen LogP contribution in [0.1, 0.15) is 47.6 Å². The standard InChI is InChI=1S/C18H22N2O2/c1-3-20(12-14-7-5-4-6-8-14)18(21)17-15-11-13(2)9-10-16(15)22-19-17/h4-8,13H,3,9-12H2,1-2H3/t13-/m0/s1. The monoisotopic (exact) mass is 298 g/mol. The van der Waals surface area contributed by atoms with Crippen LogP contribution < -0.4 is 0 Å². The number of nitrogens with zero attached hydrogens (tertiary/aromatic N) is 2. The number of rotatable bonds is 4. The summed E-state index contributed by atoms with van der Waals surface area (Å²) in [5.74, 6) is 1.46. The molecule has 1 atom stereocenters. The summed E-state index contributed by atoms with van der Waals surface area (Å²) in [6, 6.07) is 10.0. The van der Waals surface area contributed by atoms with Crippen LogP contribution in [0.2, 0.25) is 0 Å². The second kappa shape index (κ2) is 6.34. The molecule has 1 aromatic carbocycles. The van der Waals surface area contributed by atoms with E-state index in [4.69, 9.17) is 4.52 Å². The first-order chi connectivity index (χ1) is 10.7. The van der Waals surface area contributed by atoms with Gasteiger partial charge in [-0.3, -0.25) is 4.79 Å². The highest BCUT2D eigenvalue weighted by Crippen LogP contribution is 2.28. The molecule has 0 saturated heterocycles. The van der Waals surface area contributed by atoms with Crippen LogP contribution in [0.3, 0.4) is 0 Å². The Morgan fingerprint density at radius 3 is 2.86 bits per heavy atom. The number of carbonyl (C=O) groups is 1. The third kappa shape index (κ3) is 2.91. The van der Waals surface area contributed by atoms with Crippen molar-refractivity contribution in [2.24, 2.45) is 5.92 Å². The van der Waals surface area contributed by atoms with Crippen molar-refractivity contribution >= 4 is 5.91 Å². The average Bonchev–Trinajstić information content (AvgIpc) is 2.96. The van der Waals surface area contributed by atoms with Crippen molar-refractivity contribution in [1.29, 1.82) is 0 Å². The minimum atomic E-state index is -0.0227. The molecule has 1 aliphatic carbocycles. The molecule has 116 valence electrons. The summed E-state index contributed by atoms with van der Waals surface area (Å²) in [7, 11) is 0. The number of aryl methyl sites for hydroxylation is 1. The van der Waals surface area contributed by atoms with Crippen molar-refractivity contribution in [2.45, 2.75) is 39.7 Å². The summed E-state index contributed by atoms with van der Waals surface area (Å²) < 4.78 is 5.40. The third-order valence-electron chi connectivity index (χ3n) is 4.37. The van der Waals surface area contributed by atoms with Gasteiger partial charge < -0.3 is 9.42 Å². The third-order valence-corrected chi connectivity index (χ3v) is 4.37. The molecule has 0 bridgehead atoms. The maximum Gasteiger partial charge on any atom is 0.276 e. The molecule has 3 rings (SSSR count). The van der Waals surface area contributed by atoms with Gasteiger partial charge in [-0.1, -0.05) is 42.4 Å². The molecule has 2 aromatic rings. The fourth-order valence-electron chi connectivity index (χ4n) is 3.03. The van der Waals surface area contributed by atoms with Crippen LogP contribution >= 0.6 is 0 Å². The van der Waals surface area contributed by atoms with Gasteiger partial charge in [-0.05, 0) is 31.2 Å². The molecule has 0 spiro atoms. The van der Waals surface area contributed by atoms with Gasteiger partial charge in [0.15, 0.2) is 5.69 Å². The van der Waals surface area contributed by atoms with E-state index < -0.39 is 0 Å². The van der Waals surface area contributed by atoms with Crippen molar-refractivity contribution in [2.75, 3.05) is 6.54 Å². The fraction of sp³-hybridized carbons (Fsp3) is 0.444. The van der Waals surface area contributed by atoms with Gasteiger partial charge in [0.2, 0.25) is 0 Å². The lowest BCUT2D eigenvalue weighted by atomic mass is 9.88. The molecule has 0 unspecified atom stereocenters. The number of hydrogen-bond acceptors (Lipinski definition) is 3. The Balaban J connectivity index is 1.82. The molecule has 0 aliphatic heterocycles. The lowest BCUT2D eigenvalue weighted by Crippen LogP contribution is -2.31. The highest BCUT2D eigenvalue weighted by Gasteiger charge is 2.29. The first-order valence-electron chi connectivity index (χ1n) is 7.99. The van der Waals surface area contributed by atoms with Crippen molar-refractivity contribution in [3.05, 3.63) is 52.9 Å². The van der Waals surface area contributed by atoms with E-state index in [9.17, 15) is 4.79 Å². The molecular formula is C18H22N2O2. The molecule has 4 nitrogen and oxygen atoms in total. The van der Waals surface area contributed by atoms with Crippen LogP contribution in [-0.2, 0) is 19.4 Å². The summed E-state index contributed by atoms with van der Waals surface area (Å²) in [5, 5.41) is 4.08. The van der Waals surface area contributed by atoms with Crippen LogP contribution in [0.25, 0.3) is 0 Å². The molecule has 1 aliphatic rings. The van der Waals surface area contributed by atoms with E-state index in [-0.39, 0.29) is 5.91 Å². The van der Waals surface area contributed by atoms with Gasteiger partial charge in [0.05, 0.1) is 0 Å². The van der Waals surface area contributed by atoms with E-state index in [0.29, 0.717) is 24.7 Å². The second-order valence-corrected chi connectivity index (χ2v) is 6.09. The van der Waals surface area contributed by atoms with Crippen molar-refractivity contribution in [1.82, 2.24) is 10.1 Å². The molecule has 1 amide bonds. The summed E-state index contributed by atoms with van der Waals surface area (Å²) in [6.07, 6.45) is 2.89. The fourth-order valence-corrected chi connectivity index (χ4v) is 3.03. The van der Waals surface area contributed by atoms with Gasteiger partial charge in [-0.25, -0.2) is 0 Å². The predicted octanol–water partition coefficient (Wildman–Crippen LogP) is 3.46. The van der Waals surface area contributed by atoms with Crippen molar-refractivity contribution in [3.63, 3.8) is 0 Å². The minimum Gasteiger partial charge on any atom is -0.360 e. The van der Waals surface area contributed by atoms with Crippen LogP contribution in [-0.4, -0.2) is 22.5 Å². The zero-order valence-corrected chi connectivity index (χ0v) is 13.2. The van der Waals surface area contributed by atoms with Crippen LogP contribution in [0.4, 0.5) is 0 Å². The van der Waals surface area contributed by atoms with E-state index in [1.165, 1.54) is 0 Å². The summed E-state index contributed by atoms with van der Waals surface area (Å²) in [5.41, 5.74) is 2.66. The van der Waals surface area contributed by atoms with Crippen LogP contribution in [0, 0.1) is 5.92 Å². The van der Waals surface area contributed by atoms with E-state index in [2.05, 4.69) is 12.1 Å². The maximum absolute atomic E-state index is 12.8. The number of carbonyl (C=O) groups excluding carboxylic acids is 1. The molecule has 22 heavy (non-hydrogen) atoms. The van der Waals surface area contributed by atoms with Gasteiger partial charge in [-0.15, -0.1) is 0 Å². The number of benzene rings is 1. The smallest absolute Gasteiger partial charge is 0.276 e. The number of amides is 1. The SMILES string of the molecule is CCN(Cc1ccccc1)C(=O)c1noc2c1C[C@@H](C)CC2. The van der Waals surface area contributed by atoms with Gasteiger partial charge in [0.25, 0.3) is 5.91 Å². The van der Waals surface area contributed by atoms with Crippen molar-refractivity contribution < 1.29 is 9.32 Å². The predicted molar refractivity (Wildman–Crippen MR) is 84.5 cm³/mol. The van der Waals surface area contributed by atoms with E-state index in [1.807, 2.05) is 42.2 Å². The summed E-state index contributed by atoms with van der Waals surface area (Å²) >= 11 is 0. The van der Waals surface area contributed by atoms with E-state index in [0.717, 1.165) is 36.1 Å². The second-order valence-electron chi connectivity index (χ2n) is 6.09. The topological polar surface area (TPSA) is 46.3 Å². The van der Waals surface area contributed by atoms with E-state index in [1.54, 1.807) is 0 Å². The normalized spacial score (nSPS) is 17.1. The Labute approximate surface area is 131 Å². The number of hydrogen-bond donors (Lipinski definition) is 0. The lowest BCUT2D eigenvalue weighted by molar-refractivity contribution is 0.0741. The van der Waals surface area contributed by atoms with E-state index >= 15 is 0 Å². The van der Waals surface area contributed by atoms with Gasteiger partial charge in [-0.2, -0.15) is 0 Å². The number of fused-ring (bicyclic) bond motifs is 1. The molecule has 0 fully saturated rings. The Hall–Kier alpha value is -2.10. The van der Waals surface area contributed by atoms with Crippen LogP contribution in [0.15, 0.2) is 34.9 Å². The average molecular weight is 298 g/mol. The zero-order chi connectivity index (χ0) is 15.5. The minimum absolute atomic E-state index is 0.0227. The summed E-state index contributed by atoms with van der Waals surface area (Å²) in [4.78, 5) is 14.6. The van der Waals surface area contributed by atoms with Crippen LogP contribution in [0.5, 0.6) is 0 Å². The highest BCUT2D eigenvalue weighted by atomic mass is 16.5. The molecular weight excluding hydrogens is 276 g/mol. The summed E-state index contributed by atoms with van der Waals surface area (Å²) in [6.45, 7) is 5.47. The Morgan fingerprint density at radius 2 is 2.14 bits per heavy atom. The molecule has 4 heteroatoms. The van der Waals surface area contributed by atoms with Gasteiger partial charge in [0, 0.05) is 25.1 Å².